The summed E-state index contributed by atoms with van der Waals surface area (Å²) >= 11 is 0. The molecular weight excluding hydrogens is 250 g/mol. The largest absolute Gasteiger partial charge is 0.323 e. The number of hydrazine groups is 1. The number of carbonyl (C=O) groups is 1. The summed E-state index contributed by atoms with van der Waals surface area (Å²) in [6, 6.07) is 11.3. The first-order chi connectivity index (χ1) is 9.52. The summed E-state index contributed by atoms with van der Waals surface area (Å²) in [5.74, 6) is 5.30. The van der Waals surface area contributed by atoms with Crippen molar-refractivity contribution in [3.8, 4) is 0 Å². The number of benzene rings is 2. The molecule has 4 nitrogen and oxygen atoms in total. The van der Waals surface area contributed by atoms with Crippen molar-refractivity contribution in [3.63, 3.8) is 0 Å². The van der Waals surface area contributed by atoms with Crippen LogP contribution in [0.3, 0.4) is 0 Å². The highest BCUT2D eigenvalue weighted by molar-refractivity contribution is 6.08. The van der Waals surface area contributed by atoms with Gasteiger partial charge in [-0.1, -0.05) is 18.2 Å². The van der Waals surface area contributed by atoms with E-state index < -0.39 is 0 Å². The highest BCUT2D eigenvalue weighted by Gasteiger charge is 2.12. The highest BCUT2D eigenvalue weighted by Crippen LogP contribution is 2.21. The fourth-order valence-corrected chi connectivity index (χ4v) is 2.05. The molecule has 0 aliphatic rings. The van der Waals surface area contributed by atoms with Crippen molar-refractivity contribution in [2.24, 2.45) is 5.84 Å². The predicted molar refractivity (Wildman–Crippen MR) is 82.9 cm³/mol. The first-order valence-electron chi connectivity index (χ1n) is 6.47. The van der Waals surface area contributed by atoms with E-state index in [4.69, 9.17) is 5.84 Å². The summed E-state index contributed by atoms with van der Waals surface area (Å²) < 4.78 is 0. The monoisotopic (exact) mass is 269 g/mol. The zero-order chi connectivity index (χ0) is 14.7. The lowest BCUT2D eigenvalue weighted by atomic mass is 10.1. The highest BCUT2D eigenvalue weighted by atomic mass is 16.1. The first-order valence-corrected chi connectivity index (χ1v) is 6.47. The van der Waals surface area contributed by atoms with Crippen LogP contribution in [0.4, 0.5) is 11.4 Å². The van der Waals surface area contributed by atoms with Crippen LogP contribution in [-0.4, -0.2) is 5.91 Å². The second kappa shape index (κ2) is 5.75. The van der Waals surface area contributed by atoms with E-state index in [2.05, 4.69) is 10.7 Å². The molecule has 4 heteroatoms. The lowest BCUT2D eigenvalue weighted by Gasteiger charge is -2.13. The molecule has 0 fully saturated rings. The molecule has 0 heterocycles. The Morgan fingerprint density at radius 3 is 2.50 bits per heavy atom. The topological polar surface area (TPSA) is 67.2 Å². The van der Waals surface area contributed by atoms with Crippen molar-refractivity contribution < 1.29 is 4.79 Å². The van der Waals surface area contributed by atoms with Gasteiger partial charge in [0.15, 0.2) is 0 Å². The molecule has 0 unspecified atom stereocenters. The summed E-state index contributed by atoms with van der Waals surface area (Å²) in [5, 5.41) is 2.93. The van der Waals surface area contributed by atoms with E-state index in [1.165, 1.54) is 0 Å². The Morgan fingerprint density at radius 1 is 1.05 bits per heavy atom. The van der Waals surface area contributed by atoms with E-state index in [-0.39, 0.29) is 5.91 Å². The third kappa shape index (κ3) is 2.81. The number of hydrogen-bond acceptors (Lipinski definition) is 3. The van der Waals surface area contributed by atoms with Crippen LogP contribution in [0.25, 0.3) is 0 Å². The smallest absolute Gasteiger partial charge is 0.257 e. The fourth-order valence-electron chi connectivity index (χ4n) is 2.05. The summed E-state index contributed by atoms with van der Waals surface area (Å²) in [4.78, 5) is 12.4. The molecule has 2 aromatic carbocycles. The molecule has 0 atom stereocenters. The van der Waals surface area contributed by atoms with Crippen molar-refractivity contribution in [1.82, 2.24) is 0 Å². The summed E-state index contributed by atoms with van der Waals surface area (Å²) in [7, 11) is 0. The molecule has 1 amide bonds. The van der Waals surface area contributed by atoms with Gasteiger partial charge in [0.05, 0.1) is 11.3 Å². The number of nitrogens with two attached hydrogens (primary N) is 1. The number of nitrogens with one attached hydrogen (secondary N) is 2. The zero-order valence-corrected chi connectivity index (χ0v) is 11.9. The van der Waals surface area contributed by atoms with Gasteiger partial charge in [0.2, 0.25) is 0 Å². The zero-order valence-electron chi connectivity index (χ0n) is 11.9. The van der Waals surface area contributed by atoms with Crippen molar-refractivity contribution in [1.29, 1.82) is 0 Å². The van der Waals surface area contributed by atoms with Crippen molar-refractivity contribution in [3.05, 3.63) is 58.7 Å². The third-order valence-electron chi connectivity index (χ3n) is 3.43. The Bertz CT molecular complexity index is 650. The van der Waals surface area contributed by atoms with Gasteiger partial charge in [-0.3, -0.25) is 10.6 Å². The second-order valence-corrected chi connectivity index (χ2v) is 4.89. The van der Waals surface area contributed by atoms with Crippen LogP contribution in [0.5, 0.6) is 0 Å². The molecule has 0 spiro atoms. The van der Waals surface area contributed by atoms with Crippen LogP contribution >= 0.6 is 0 Å². The lowest BCUT2D eigenvalue weighted by Crippen LogP contribution is -2.18. The Morgan fingerprint density at radius 2 is 1.80 bits per heavy atom. The van der Waals surface area contributed by atoms with Gasteiger partial charge < -0.3 is 10.7 Å². The molecule has 0 aliphatic carbocycles. The van der Waals surface area contributed by atoms with Crippen molar-refractivity contribution in [2.45, 2.75) is 20.8 Å². The normalized spacial score (nSPS) is 10.2. The average Bonchev–Trinajstić information content (AvgIpc) is 2.43. The van der Waals surface area contributed by atoms with Crippen LogP contribution in [0.15, 0.2) is 36.4 Å². The van der Waals surface area contributed by atoms with Gasteiger partial charge in [0.25, 0.3) is 5.91 Å². The van der Waals surface area contributed by atoms with E-state index in [9.17, 15) is 4.79 Å². The van der Waals surface area contributed by atoms with Gasteiger partial charge in [-0.15, -0.1) is 0 Å². The number of anilines is 2. The second-order valence-electron chi connectivity index (χ2n) is 4.89. The minimum Gasteiger partial charge on any atom is -0.323 e. The van der Waals surface area contributed by atoms with Gasteiger partial charge in [0.1, 0.15) is 0 Å². The number of amides is 1. The summed E-state index contributed by atoms with van der Waals surface area (Å²) in [6.45, 7) is 5.96. The SMILES string of the molecule is Cc1ccc(C(=O)Nc2cccc(C)c2C)c(NN)c1. The molecule has 4 N–H and O–H groups in total. The molecule has 0 aromatic heterocycles. The molecule has 0 saturated carbocycles. The fraction of sp³-hybridized carbons (Fsp3) is 0.188. The van der Waals surface area contributed by atoms with Crippen molar-refractivity contribution in [2.75, 3.05) is 10.7 Å². The van der Waals surface area contributed by atoms with E-state index in [0.29, 0.717) is 11.3 Å². The molecule has 2 aromatic rings. The Balaban J connectivity index is 2.31. The maximum atomic E-state index is 12.4. The number of rotatable bonds is 3. The molecule has 0 bridgehead atoms. The molecule has 0 aliphatic heterocycles. The Labute approximate surface area is 119 Å². The van der Waals surface area contributed by atoms with Gasteiger partial charge in [-0.05, 0) is 55.7 Å². The predicted octanol–water partition coefficient (Wildman–Crippen LogP) is 3.15. The van der Waals surface area contributed by atoms with Crippen LogP contribution in [0.1, 0.15) is 27.0 Å². The average molecular weight is 269 g/mol. The van der Waals surface area contributed by atoms with E-state index in [1.54, 1.807) is 6.07 Å². The molecule has 104 valence electrons. The van der Waals surface area contributed by atoms with E-state index >= 15 is 0 Å². The third-order valence-corrected chi connectivity index (χ3v) is 3.43. The van der Waals surface area contributed by atoms with Gasteiger partial charge in [-0.2, -0.15) is 0 Å². The molecule has 0 radical (unpaired) electrons. The summed E-state index contributed by atoms with van der Waals surface area (Å²) in [5.41, 5.74) is 7.78. The minimum atomic E-state index is -0.174. The van der Waals surface area contributed by atoms with Crippen LogP contribution in [0, 0.1) is 20.8 Å². The maximum Gasteiger partial charge on any atom is 0.257 e. The van der Waals surface area contributed by atoms with Gasteiger partial charge in [-0.25, -0.2) is 0 Å². The quantitative estimate of drug-likeness (QED) is 0.592. The number of hydrogen-bond donors (Lipinski definition) is 3. The molecular formula is C16H19N3O. The standard InChI is InChI=1S/C16H19N3O/c1-10-7-8-13(15(9-10)19-17)16(20)18-14-6-4-5-11(2)12(14)3/h4-9,19H,17H2,1-3H3,(H,18,20). The van der Waals surface area contributed by atoms with Gasteiger partial charge >= 0.3 is 0 Å². The Kier molecular flexibility index (Phi) is 4.05. The summed E-state index contributed by atoms with van der Waals surface area (Å²) in [6.07, 6.45) is 0. The number of aryl methyl sites for hydroxylation is 2. The van der Waals surface area contributed by atoms with Crippen LogP contribution in [0.2, 0.25) is 0 Å². The van der Waals surface area contributed by atoms with Crippen LogP contribution in [-0.2, 0) is 0 Å². The lowest BCUT2D eigenvalue weighted by molar-refractivity contribution is 0.102. The molecule has 0 saturated heterocycles. The van der Waals surface area contributed by atoms with Crippen molar-refractivity contribution >= 4 is 17.3 Å². The van der Waals surface area contributed by atoms with E-state index in [0.717, 1.165) is 22.4 Å². The maximum absolute atomic E-state index is 12.4. The molecule has 20 heavy (non-hydrogen) atoms. The Hall–Kier alpha value is -2.33. The minimum absolute atomic E-state index is 0.174. The van der Waals surface area contributed by atoms with E-state index in [1.807, 2.05) is 51.1 Å². The first kappa shape index (κ1) is 14.1. The van der Waals surface area contributed by atoms with Gasteiger partial charge in [0, 0.05) is 5.69 Å². The number of nitrogen functional groups attached to an aromatic ring is 1. The number of carbonyl (C=O) groups excluding carboxylic acids is 1. The van der Waals surface area contributed by atoms with Crippen LogP contribution < -0.4 is 16.6 Å². The molecule has 2 rings (SSSR count).